The molecule has 0 atom stereocenters. The maximum atomic E-state index is 7.71. The van der Waals surface area contributed by atoms with Crippen LogP contribution in [0.4, 0.5) is 5.69 Å². The van der Waals surface area contributed by atoms with E-state index in [0.717, 1.165) is 11.3 Å². The minimum atomic E-state index is 0.336. The molecule has 0 saturated heterocycles. The van der Waals surface area contributed by atoms with Crippen molar-refractivity contribution in [2.45, 2.75) is 20.8 Å². The van der Waals surface area contributed by atoms with Gasteiger partial charge in [-0.25, -0.2) is 0 Å². The monoisotopic (exact) mass is 203 g/mol. The Balaban J connectivity index is 2.86. The summed E-state index contributed by atoms with van der Waals surface area (Å²) in [5.74, 6) is 0.336. The molecule has 0 aliphatic carbocycles. The van der Waals surface area contributed by atoms with Crippen LogP contribution in [-0.2, 0) is 0 Å². The van der Waals surface area contributed by atoms with Crippen LogP contribution in [0.5, 0.6) is 0 Å². The molecular formula is C12H17N3. The zero-order valence-electron chi connectivity index (χ0n) is 9.39. The SMILES string of the molecule is C/C(=C/N)C(=N)Nc1cc(C)cc(C)c1. The van der Waals surface area contributed by atoms with Gasteiger partial charge < -0.3 is 11.1 Å². The third-order valence-electron chi connectivity index (χ3n) is 2.14. The van der Waals surface area contributed by atoms with Crippen molar-refractivity contribution in [1.82, 2.24) is 0 Å². The van der Waals surface area contributed by atoms with E-state index in [9.17, 15) is 0 Å². The molecular weight excluding hydrogens is 186 g/mol. The lowest BCUT2D eigenvalue weighted by Crippen LogP contribution is -2.12. The van der Waals surface area contributed by atoms with Gasteiger partial charge in [-0.3, -0.25) is 5.41 Å². The summed E-state index contributed by atoms with van der Waals surface area (Å²) in [7, 11) is 0. The van der Waals surface area contributed by atoms with Crippen LogP contribution >= 0.6 is 0 Å². The van der Waals surface area contributed by atoms with Gasteiger partial charge in [0.2, 0.25) is 0 Å². The molecule has 0 fully saturated rings. The molecule has 0 aliphatic rings. The average Bonchev–Trinajstić information content (AvgIpc) is 2.14. The topological polar surface area (TPSA) is 61.9 Å². The van der Waals surface area contributed by atoms with E-state index in [4.69, 9.17) is 11.1 Å². The second kappa shape index (κ2) is 4.64. The van der Waals surface area contributed by atoms with E-state index >= 15 is 0 Å². The Labute approximate surface area is 90.5 Å². The van der Waals surface area contributed by atoms with E-state index in [0.29, 0.717) is 5.84 Å². The van der Waals surface area contributed by atoms with Crippen LogP contribution in [0.3, 0.4) is 0 Å². The smallest absolute Gasteiger partial charge is 0.126 e. The summed E-state index contributed by atoms with van der Waals surface area (Å²) < 4.78 is 0. The fraction of sp³-hybridized carbons (Fsp3) is 0.250. The van der Waals surface area contributed by atoms with Crippen molar-refractivity contribution < 1.29 is 0 Å². The predicted octanol–water partition coefficient (Wildman–Crippen LogP) is 2.56. The van der Waals surface area contributed by atoms with E-state index < -0.39 is 0 Å². The van der Waals surface area contributed by atoms with E-state index in [2.05, 4.69) is 11.4 Å². The minimum Gasteiger partial charge on any atom is -0.404 e. The first kappa shape index (κ1) is 11.3. The maximum Gasteiger partial charge on any atom is 0.126 e. The van der Waals surface area contributed by atoms with Gasteiger partial charge in [-0.1, -0.05) is 6.07 Å². The van der Waals surface area contributed by atoms with Crippen LogP contribution in [0.1, 0.15) is 18.1 Å². The number of anilines is 1. The molecule has 15 heavy (non-hydrogen) atoms. The molecule has 0 saturated carbocycles. The summed E-state index contributed by atoms with van der Waals surface area (Å²) in [6, 6.07) is 6.11. The summed E-state index contributed by atoms with van der Waals surface area (Å²) in [5.41, 5.74) is 9.36. The third kappa shape index (κ3) is 3.13. The van der Waals surface area contributed by atoms with E-state index in [-0.39, 0.29) is 0 Å². The second-order valence-electron chi connectivity index (χ2n) is 3.73. The summed E-state index contributed by atoms with van der Waals surface area (Å²) in [5, 5.41) is 10.7. The van der Waals surface area contributed by atoms with Crippen molar-refractivity contribution in [2.75, 3.05) is 5.32 Å². The fourth-order valence-corrected chi connectivity index (χ4v) is 1.37. The van der Waals surface area contributed by atoms with Crippen molar-refractivity contribution in [1.29, 1.82) is 5.41 Å². The first-order valence-corrected chi connectivity index (χ1v) is 4.85. The minimum absolute atomic E-state index is 0.336. The van der Waals surface area contributed by atoms with Crippen LogP contribution in [0.15, 0.2) is 30.0 Å². The molecule has 4 N–H and O–H groups in total. The molecule has 3 heteroatoms. The highest BCUT2D eigenvalue weighted by Gasteiger charge is 2.00. The van der Waals surface area contributed by atoms with Gasteiger partial charge in [0.05, 0.1) is 0 Å². The second-order valence-corrected chi connectivity index (χ2v) is 3.73. The van der Waals surface area contributed by atoms with Gasteiger partial charge in [-0.2, -0.15) is 0 Å². The van der Waals surface area contributed by atoms with Crippen LogP contribution in [0.25, 0.3) is 0 Å². The molecule has 0 bridgehead atoms. The van der Waals surface area contributed by atoms with E-state index in [1.165, 1.54) is 17.3 Å². The van der Waals surface area contributed by atoms with Crippen molar-refractivity contribution in [2.24, 2.45) is 5.73 Å². The number of rotatable bonds is 2. The van der Waals surface area contributed by atoms with E-state index in [1.54, 1.807) is 6.92 Å². The Morgan fingerprint density at radius 3 is 2.27 bits per heavy atom. The average molecular weight is 203 g/mol. The zero-order valence-corrected chi connectivity index (χ0v) is 9.39. The molecule has 1 aromatic rings. The summed E-state index contributed by atoms with van der Waals surface area (Å²) >= 11 is 0. The Bertz CT molecular complexity index is 385. The van der Waals surface area contributed by atoms with Crippen molar-refractivity contribution in [3.8, 4) is 0 Å². The molecule has 0 aliphatic heterocycles. The van der Waals surface area contributed by atoms with Gasteiger partial charge in [-0.05, 0) is 44.0 Å². The zero-order chi connectivity index (χ0) is 11.4. The van der Waals surface area contributed by atoms with Crippen molar-refractivity contribution >= 4 is 11.5 Å². The van der Waals surface area contributed by atoms with Crippen LogP contribution < -0.4 is 11.1 Å². The standard InChI is InChI=1S/C12H17N3/c1-8-4-9(2)6-11(5-8)15-12(14)10(3)7-13/h4-7H,13H2,1-3H3,(H2,14,15)/b10-7-. The highest BCUT2D eigenvalue weighted by Crippen LogP contribution is 2.14. The molecule has 80 valence electrons. The van der Waals surface area contributed by atoms with Crippen LogP contribution in [-0.4, -0.2) is 5.84 Å². The van der Waals surface area contributed by atoms with Crippen LogP contribution in [0, 0.1) is 19.3 Å². The Hall–Kier alpha value is -1.77. The molecule has 0 aromatic heterocycles. The van der Waals surface area contributed by atoms with Crippen LogP contribution in [0.2, 0.25) is 0 Å². The highest BCUT2D eigenvalue weighted by atomic mass is 14.9. The summed E-state index contributed by atoms with van der Waals surface area (Å²) in [4.78, 5) is 0. The number of hydrogen-bond acceptors (Lipinski definition) is 2. The summed E-state index contributed by atoms with van der Waals surface area (Å²) in [6.45, 7) is 5.87. The quantitative estimate of drug-likeness (QED) is 0.511. The lowest BCUT2D eigenvalue weighted by atomic mass is 10.1. The van der Waals surface area contributed by atoms with Gasteiger partial charge in [0.1, 0.15) is 5.84 Å². The van der Waals surface area contributed by atoms with Gasteiger partial charge in [0.25, 0.3) is 0 Å². The lowest BCUT2D eigenvalue weighted by Gasteiger charge is -2.09. The molecule has 0 amide bonds. The van der Waals surface area contributed by atoms with Crippen molar-refractivity contribution in [3.05, 3.63) is 41.1 Å². The summed E-state index contributed by atoms with van der Waals surface area (Å²) in [6.07, 6.45) is 1.43. The molecule has 0 unspecified atom stereocenters. The van der Waals surface area contributed by atoms with Gasteiger partial charge in [0.15, 0.2) is 0 Å². The molecule has 1 aromatic carbocycles. The Morgan fingerprint density at radius 2 is 1.80 bits per heavy atom. The predicted molar refractivity (Wildman–Crippen MR) is 65.2 cm³/mol. The highest BCUT2D eigenvalue weighted by molar-refractivity contribution is 6.05. The van der Waals surface area contributed by atoms with Crippen molar-refractivity contribution in [3.63, 3.8) is 0 Å². The lowest BCUT2D eigenvalue weighted by molar-refractivity contribution is 1.35. The Kier molecular flexibility index (Phi) is 3.50. The number of nitrogens with two attached hydrogens (primary N) is 1. The van der Waals surface area contributed by atoms with Gasteiger partial charge in [0, 0.05) is 17.5 Å². The largest absolute Gasteiger partial charge is 0.404 e. The number of nitrogens with one attached hydrogen (secondary N) is 2. The fourth-order valence-electron chi connectivity index (χ4n) is 1.37. The van der Waals surface area contributed by atoms with Gasteiger partial charge >= 0.3 is 0 Å². The Morgan fingerprint density at radius 1 is 1.27 bits per heavy atom. The third-order valence-corrected chi connectivity index (χ3v) is 2.14. The first-order valence-electron chi connectivity index (χ1n) is 4.85. The number of amidine groups is 1. The number of hydrogen-bond donors (Lipinski definition) is 3. The first-order chi connectivity index (χ1) is 7.02. The molecule has 0 radical (unpaired) electrons. The maximum absolute atomic E-state index is 7.71. The van der Waals surface area contributed by atoms with E-state index in [1.807, 2.05) is 26.0 Å². The molecule has 0 spiro atoms. The normalized spacial score (nSPS) is 11.3. The molecule has 1 rings (SSSR count). The molecule has 0 heterocycles. The number of aryl methyl sites for hydroxylation is 2. The number of benzene rings is 1. The van der Waals surface area contributed by atoms with Gasteiger partial charge in [-0.15, -0.1) is 0 Å². The molecule has 3 nitrogen and oxygen atoms in total.